The number of aromatic nitrogens is 1. The molecule has 0 N–H and O–H groups in total. The van der Waals surface area contributed by atoms with Gasteiger partial charge in [-0.05, 0) is 12.8 Å². The number of halogens is 4. The normalized spacial score (nSPS) is 11.1. The second-order valence-electron chi connectivity index (χ2n) is 4.10. The van der Waals surface area contributed by atoms with Crippen molar-refractivity contribution in [2.45, 2.75) is 20.8 Å². The fraction of sp³-hybridized carbons (Fsp3) is 0.545. The zero-order valence-corrected chi connectivity index (χ0v) is 9.90. The lowest BCUT2D eigenvalue weighted by atomic mass is 10.2. The van der Waals surface area contributed by atoms with Crippen molar-refractivity contribution in [1.82, 2.24) is 4.98 Å². The number of hydrogen-bond acceptors (Lipinski definition) is 2. The lowest BCUT2D eigenvalue weighted by Crippen LogP contribution is -2.30. The molecule has 0 bridgehead atoms. The highest BCUT2D eigenvalue weighted by Gasteiger charge is 2.24. The van der Waals surface area contributed by atoms with E-state index < -0.39 is 29.2 Å². The first-order valence-corrected chi connectivity index (χ1v) is 5.33. The lowest BCUT2D eigenvalue weighted by molar-refractivity contribution is 0.404. The SMILES string of the molecule is CCN(CC(C)C)c1c(F)c(F)nc(F)c1F. The highest BCUT2D eigenvalue weighted by molar-refractivity contribution is 5.48. The van der Waals surface area contributed by atoms with E-state index >= 15 is 0 Å². The summed E-state index contributed by atoms with van der Waals surface area (Å²) >= 11 is 0. The smallest absolute Gasteiger partial charge is 0.253 e. The Labute approximate surface area is 97.3 Å². The summed E-state index contributed by atoms with van der Waals surface area (Å²) in [5.41, 5.74) is -0.689. The van der Waals surface area contributed by atoms with Gasteiger partial charge in [-0.2, -0.15) is 22.5 Å². The fourth-order valence-corrected chi connectivity index (χ4v) is 1.57. The second kappa shape index (κ2) is 5.33. The molecule has 6 heteroatoms. The number of pyridine rings is 1. The summed E-state index contributed by atoms with van der Waals surface area (Å²) in [5, 5.41) is 0. The molecule has 96 valence electrons. The molecule has 0 fully saturated rings. The van der Waals surface area contributed by atoms with Gasteiger partial charge in [0.1, 0.15) is 5.69 Å². The van der Waals surface area contributed by atoms with Gasteiger partial charge in [-0.1, -0.05) is 13.8 Å². The first-order valence-electron chi connectivity index (χ1n) is 5.33. The van der Waals surface area contributed by atoms with Crippen LogP contribution in [-0.2, 0) is 0 Å². The maximum atomic E-state index is 13.4. The van der Waals surface area contributed by atoms with Gasteiger partial charge >= 0.3 is 0 Å². The van der Waals surface area contributed by atoms with Crippen molar-refractivity contribution in [2.75, 3.05) is 18.0 Å². The van der Waals surface area contributed by atoms with Crippen LogP contribution < -0.4 is 4.90 Å². The van der Waals surface area contributed by atoms with Gasteiger partial charge < -0.3 is 4.90 Å². The van der Waals surface area contributed by atoms with Crippen molar-refractivity contribution in [3.63, 3.8) is 0 Å². The standard InChI is InChI=1S/C11H14F4N2/c1-4-17(5-6(2)3)9-7(12)10(14)16-11(15)8(9)13/h6H,4-5H2,1-3H3. The summed E-state index contributed by atoms with van der Waals surface area (Å²) in [6, 6.07) is 0. The first-order chi connectivity index (χ1) is 7.88. The van der Waals surface area contributed by atoms with Gasteiger partial charge in [0.25, 0.3) is 11.9 Å². The maximum absolute atomic E-state index is 13.4. The van der Waals surface area contributed by atoms with Gasteiger partial charge in [0, 0.05) is 13.1 Å². The zero-order chi connectivity index (χ0) is 13.2. The van der Waals surface area contributed by atoms with Crippen molar-refractivity contribution in [2.24, 2.45) is 5.92 Å². The average Bonchev–Trinajstić information content (AvgIpc) is 2.24. The van der Waals surface area contributed by atoms with E-state index in [1.807, 2.05) is 13.8 Å². The maximum Gasteiger partial charge on any atom is 0.253 e. The summed E-state index contributed by atoms with van der Waals surface area (Å²) in [5.74, 6) is -6.05. The Morgan fingerprint density at radius 2 is 1.53 bits per heavy atom. The quantitative estimate of drug-likeness (QED) is 0.603. The fourth-order valence-electron chi connectivity index (χ4n) is 1.57. The van der Waals surface area contributed by atoms with E-state index in [0.717, 1.165) is 0 Å². The van der Waals surface area contributed by atoms with Crippen molar-refractivity contribution < 1.29 is 17.6 Å². The van der Waals surface area contributed by atoms with Crippen LogP contribution in [0.25, 0.3) is 0 Å². The van der Waals surface area contributed by atoms with Crippen LogP contribution in [0.2, 0.25) is 0 Å². The predicted molar refractivity (Wildman–Crippen MR) is 56.8 cm³/mol. The van der Waals surface area contributed by atoms with E-state index in [1.54, 1.807) is 6.92 Å². The van der Waals surface area contributed by atoms with Crippen LogP contribution in [0.1, 0.15) is 20.8 Å². The van der Waals surface area contributed by atoms with Gasteiger partial charge in [-0.3, -0.25) is 0 Å². The third-order valence-corrected chi connectivity index (χ3v) is 2.26. The zero-order valence-electron chi connectivity index (χ0n) is 9.90. The molecule has 0 saturated heterocycles. The molecule has 0 radical (unpaired) electrons. The topological polar surface area (TPSA) is 16.1 Å². The van der Waals surface area contributed by atoms with E-state index in [9.17, 15) is 17.6 Å². The third-order valence-electron chi connectivity index (χ3n) is 2.26. The van der Waals surface area contributed by atoms with E-state index in [1.165, 1.54) is 4.90 Å². The van der Waals surface area contributed by atoms with Crippen LogP contribution in [0.3, 0.4) is 0 Å². The van der Waals surface area contributed by atoms with Crippen LogP contribution in [0, 0.1) is 29.4 Å². The van der Waals surface area contributed by atoms with Crippen molar-refractivity contribution in [3.05, 3.63) is 23.5 Å². The monoisotopic (exact) mass is 250 g/mol. The Balaban J connectivity index is 3.27. The molecule has 1 rings (SSSR count). The minimum absolute atomic E-state index is 0.105. The summed E-state index contributed by atoms with van der Waals surface area (Å²) in [6.07, 6.45) is 0. The number of anilines is 1. The Kier molecular flexibility index (Phi) is 4.31. The van der Waals surface area contributed by atoms with Gasteiger partial charge in [0.05, 0.1) is 0 Å². The van der Waals surface area contributed by atoms with Crippen LogP contribution in [0.15, 0.2) is 0 Å². The molecule has 0 atom stereocenters. The van der Waals surface area contributed by atoms with E-state index in [-0.39, 0.29) is 12.5 Å². The van der Waals surface area contributed by atoms with Crippen LogP contribution in [-0.4, -0.2) is 18.1 Å². The van der Waals surface area contributed by atoms with E-state index in [4.69, 9.17) is 0 Å². The molecule has 0 aromatic carbocycles. The van der Waals surface area contributed by atoms with E-state index in [2.05, 4.69) is 4.98 Å². The van der Waals surface area contributed by atoms with Crippen LogP contribution in [0.4, 0.5) is 23.2 Å². The van der Waals surface area contributed by atoms with Crippen molar-refractivity contribution >= 4 is 5.69 Å². The molecule has 0 aliphatic heterocycles. The Morgan fingerprint density at radius 3 is 1.88 bits per heavy atom. The van der Waals surface area contributed by atoms with Crippen LogP contribution >= 0.6 is 0 Å². The summed E-state index contributed by atoms with van der Waals surface area (Å²) < 4.78 is 52.8. The number of nitrogens with zero attached hydrogens (tertiary/aromatic N) is 2. The molecule has 0 amide bonds. The van der Waals surface area contributed by atoms with Gasteiger partial charge in [-0.25, -0.2) is 0 Å². The van der Waals surface area contributed by atoms with Crippen LogP contribution in [0.5, 0.6) is 0 Å². The third kappa shape index (κ3) is 2.87. The molecular formula is C11H14F4N2. The molecule has 0 aliphatic rings. The molecule has 1 aromatic rings. The summed E-state index contributed by atoms with van der Waals surface area (Å²) in [7, 11) is 0. The Bertz CT molecular complexity index is 381. The van der Waals surface area contributed by atoms with Crippen molar-refractivity contribution in [3.8, 4) is 0 Å². The first kappa shape index (κ1) is 13.7. The molecule has 0 unspecified atom stereocenters. The largest absolute Gasteiger partial charge is 0.367 e. The predicted octanol–water partition coefficient (Wildman–Crippen LogP) is 3.12. The molecule has 1 heterocycles. The summed E-state index contributed by atoms with van der Waals surface area (Å²) in [4.78, 5) is 3.77. The highest BCUT2D eigenvalue weighted by Crippen LogP contribution is 2.26. The summed E-state index contributed by atoms with van der Waals surface area (Å²) in [6.45, 7) is 5.87. The molecule has 0 saturated carbocycles. The minimum Gasteiger partial charge on any atom is -0.367 e. The number of rotatable bonds is 4. The van der Waals surface area contributed by atoms with Gasteiger partial charge in [0.2, 0.25) is 11.6 Å². The second-order valence-corrected chi connectivity index (χ2v) is 4.10. The lowest BCUT2D eigenvalue weighted by Gasteiger charge is -2.25. The highest BCUT2D eigenvalue weighted by atomic mass is 19.2. The van der Waals surface area contributed by atoms with Gasteiger partial charge in [-0.15, -0.1) is 0 Å². The molecule has 2 nitrogen and oxygen atoms in total. The Morgan fingerprint density at radius 1 is 1.06 bits per heavy atom. The van der Waals surface area contributed by atoms with Gasteiger partial charge in [0.15, 0.2) is 0 Å². The number of hydrogen-bond donors (Lipinski definition) is 0. The molecule has 0 aliphatic carbocycles. The van der Waals surface area contributed by atoms with E-state index in [0.29, 0.717) is 6.54 Å². The molecule has 0 spiro atoms. The minimum atomic E-state index is -1.62. The Hall–Kier alpha value is -1.33. The van der Waals surface area contributed by atoms with Crippen molar-refractivity contribution in [1.29, 1.82) is 0 Å². The molecular weight excluding hydrogens is 236 g/mol. The molecule has 1 aromatic heterocycles. The average molecular weight is 250 g/mol. The molecule has 17 heavy (non-hydrogen) atoms.